The van der Waals surface area contributed by atoms with Gasteiger partial charge in [0.25, 0.3) is 0 Å². The smallest absolute Gasteiger partial charge is 0.170 e. The number of benzene rings is 1. The van der Waals surface area contributed by atoms with Crippen LogP contribution in [0.4, 0.5) is 15.9 Å². The van der Waals surface area contributed by atoms with E-state index in [0.717, 1.165) is 11.3 Å². The highest BCUT2D eigenvalue weighted by atomic mass is 19.1. The van der Waals surface area contributed by atoms with E-state index in [-0.39, 0.29) is 12.4 Å². The first-order valence-corrected chi connectivity index (χ1v) is 6.35. The van der Waals surface area contributed by atoms with Crippen LogP contribution in [-0.2, 0) is 6.54 Å². The first kappa shape index (κ1) is 13.5. The molecule has 0 amide bonds. The van der Waals surface area contributed by atoms with Crippen LogP contribution in [0, 0.1) is 12.7 Å². The van der Waals surface area contributed by atoms with E-state index in [0.29, 0.717) is 17.9 Å². The van der Waals surface area contributed by atoms with Crippen LogP contribution in [-0.4, -0.2) is 11.5 Å². The summed E-state index contributed by atoms with van der Waals surface area (Å²) in [4.78, 5) is 6.01. The molecule has 0 saturated heterocycles. The van der Waals surface area contributed by atoms with Gasteiger partial charge in [-0.05, 0) is 37.6 Å². The average Bonchev–Trinajstić information content (AvgIpc) is 2.41. The number of nitrogens with two attached hydrogens (primary N) is 1. The fourth-order valence-corrected chi connectivity index (χ4v) is 2.07. The lowest BCUT2D eigenvalue weighted by Crippen LogP contribution is -2.20. The zero-order valence-corrected chi connectivity index (χ0v) is 11.2. The summed E-state index contributed by atoms with van der Waals surface area (Å²) in [5, 5.41) is 0. The van der Waals surface area contributed by atoms with Crippen molar-refractivity contribution in [3.8, 4) is 0 Å². The SMILES string of the molecule is CCN(c1cccc(C)c1)c1nccc(CN)c1F. The van der Waals surface area contributed by atoms with E-state index in [4.69, 9.17) is 5.73 Å². The molecule has 1 aromatic carbocycles. The van der Waals surface area contributed by atoms with Crippen molar-refractivity contribution in [2.45, 2.75) is 20.4 Å². The van der Waals surface area contributed by atoms with Crippen molar-refractivity contribution in [1.29, 1.82) is 0 Å². The molecule has 2 rings (SSSR count). The number of hydrogen-bond acceptors (Lipinski definition) is 3. The Hall–Kier alpha value is -1.94. The van der Waals surface area contributed by atoms with Crippen LogP contribution in [0.3, 0.4) is 0 Å². The summed E-state index contributed by atoms with van der Waals surface area (Å²) in [5.41, 5.74) is 8.08. The molecular formula is C15H18FN3. The van der Waals surface area contributed by atoms with E-state index in [1.54, 1.807) is 12.3 Å². The molecule has 4 heteroatoms. The van der Waals surface area contributed by atoms with Crippen molar-refractivity contribution < 1.29 is 4.39 Å². The Labute approximate surface area is 112 Å². The molecule has 1 aromatic heterocycles. The summed E-state index contributed by atoms with van der Waals surface area (Å²) < 4.78 is 14.3. The van der Waals surface area contributed by atoms with E-state index in [1.165, 1.54) is 0 Å². The summed E-state index contributed by atoms with van der Waals surface area (Å²) in [6.45, 7) is 4.80. The lowest BCUT2D eigenvalue weighted by Gasteiger charge is -2.23. The lowest BCUT2D eigenvalue weighted by atomic mass is 10.2. The highest BCUT2D eigenvalue weighted by Gasteiger charge is 2.16. The van der Waals surface area contributed by atoms with Crippen molar-refractivity contribution in [3.63, 3.8) is 0 Å². The second kappa shape index (κ2) is 5.80. The Balaban J connectivity index is 2.48. The van der Waals surface area contributed by atoms with Gasteiger partial charge in [-0.15, -0.1) is 0 Å². The van der Waals surface area contributed by atoms with E-state index in [1.807, 2.05) is 43.0 Å². The topological polar surface area (TPSA) is 42.2 Å². The molecule has 0 aliphatic heterocycles. The quantitative estimate of drug-likeness (QED) is 0.917. The third-order valence-electron chi connectivity index (χ3n) is 3.06. The van der Waals surface area contributed by atoms with Gasteiger partial charge in [0.2, 0.25) is 0 Å². The Bertz CT molecular complexity index is 569. The van der Waals surface area contributed by atoms with Gasteiger partial charge in [0, 0.05) is 30.5 Å². The highest BCUT2D eigenvalue weighted by molar-refractivity contribution is 5.61. The Morgan fingerprint density at radius 2 is 2.11 bits per heavy atom. The fourth-order valence-electron chi connectivity index (χ4n) is 2.07. The third-order valence-corrected chi connectivity index (χ3v) is 3.06. The molecule has 1 heterocycles. The lowest BCUT2D eigenvalue weighted by molar-refractivity contribution is 0.602. The number of nitrogens with zero attached hydrogens (tertiary/aromatic N) is 2. The molecule has 19 heavy (non-hydrogen) atoms. The molecule has 0 unspecified atom stereocenters. The monoisotopic (exact) mass is 259 g/mol. The van der Waals surface area contributed by atoms with Crippen LogP contribution >= 0.6 is 0 Å². The van der Waals surface area contributed by atoms with Crippen molar-refractivity contribution in [2.75, 3.05) is 11.4 Å². The maximum atomic E-state index is 14.3. The van der Waals surface area contributed by atoms with Crippen molar-refractivity contribution in [2.24, 2.45) is 5.73 Å². The Kier molecular flexibility index (Phi) is 4.12. The second-order valence-electron chi connectivity index (χ2n) is 4.40. The first-order valence-electron chi connectivity index (χ1n) is 6.35. The van der Waals surface area contributed by atoms with Gasteiger partial charge in [0.05, 0.1) is 0 Å². The molecule has 0 spiro atoms. The van der Waals surface area contributed by atoms with Crippen LogP contribution in [0.15, 0.2) is 36.5 Å². The summed E-state index contributed by atoms with van der Waals surface area (Å²) in [6, 6.07) is 9.55. The molecular weight excluding hydrogens is 241 g/mol. The maximum Gasteiger partial charge on any atom is 0.170 e. The summed E-state index contributed by atoms with van der Waals surface area (Å²) in [7, 11) is 0. The van der Waals surface area contributed by atoms with E-state index < -0.39 is 0 Å². The van der Waals surface area contributed by atoms with Gasteiger partial charge in [0.1, 0.15) is 0 Å². The number of anilines is 2. The minimum atomic E-state index is -0.339. The number of halogens is 1. The molecule has 0 bridgehead atoms. The molecule has 0 saturated carbocycles. The van der Waals surface area contributed by atoms with Gasteiger partial charge in [-0.1, -0.05) is 12.1 Å². The summed E-state index contributed by atoms with van der Waals surface area (Å²) in [6.07, 6.45) is 1.60. The predicted molar refractivity (Wildman–Crippen MR) is 75.9 cm³/mol. The molecule has 0 radical (unpaired) electrons. The standard InChI is InChI=1S/C15H18FN3/c1-3-19(13-6-4-5-11(2)9-13)15-14(16)12(10-17)7-8-18-15/h4-9H,3,10,17H2,1-2H3. The Morgan fingerprint density at radius 3 is 2.74 bits per heavy atom. The minimum Gasteiger partial charge on any atom is -0.326 e. The van der Waals surface area contributed by atoms with Gasteiger partial charge in [-0.2, -0.15) is 0 Å². The number of aromatic nitrogens is 1. The third kappa shape index (κ3) is 2.74. The molecule has 2 N–H and O–H groups in total. The van der Waals surface area contributed by atoms with Crippen LogP contribution < -0.4 is 10.6 Å². The zero-order chi connectivity index (χ0) is 13.8. The van der Waals surface area contributed by atoms with Crippen molar-refractivity contribution >= 4 is 11.5 Å². The van der Waals surface area contributed by atoms with Gasteiger partial charge in [-0.3, -0.25) is 0 Å². The number of pyridine rings is 1. The normalized spacial score (nSPS) is 10.5. The van der Waals surface area contributed by atoms with Gasteiger partial charge < -0.3 is 10.6 Å². The van der Waals surface area contributed by atoms with Crippen LogP contribution in [0.1, 0.15) is 18.1 Å². The minimum absolute atomic E-state index is 0.173. The van der Waals surface area contributed by atoms with Crippen LogP contribution in [0.5, 0.6) is 0 Å². The number of hydrogen-bond donors (Lipinski definition) is 1. The highest BCUT2D eigenvalue weighted by Crippen LogP contribution is 2.27. The summed E-state index contributed by atoms with van der Waals surface area (Å²) in [5.74, 6) is -0.00981. The molecule has 0 atom stereocenters. The molecule has 100 valence electrons. The number of aryl methyl sites for hydroxylation is 1. The largest absolute Gasteiger partial charge is 0.326 e. The zero-order valence-electron chi connectivity index (χ0n) is 11.2. The van der Waals surface area contributed by atoms with Crippen molar-refractivity contribution in [3.05, 3.63) is 53.5 Å². The van der Waals surface area contributed by atoms with Crippen molar-refractivity contribution in [1.82, 2.24) is 4.98 Å². The van der Waals surface area contributed by atoms with Gasteiger partial charge in [0.15, 0.2) is 11.6 Å². The molecule has 0 aliphatic rings. The molecule has 3 nitrogen and oxygen atoms in total. The Morgan fingerprint density at radius 1 is 1.32 bits per heavy atom. The molecule has 2 aromatic rings. The van der Waals surface area contributed by atoms with Gasteiger partial charge in [-0.25, -0.2) is 9.37 Å². The van der Waals surface area contributed by atoms with E-state index in [2.05, 4.69) is 4.98 Å². The number of rotatable bonds is 4. The van der Waals surface area contributed by atoms with Crippen LogP contribution in [0.25, 0.3) is 0 Å². The predicted octanol–water partition coefficient (Wildman–Crippen LogP) is 3.15. The van der Waals surface area contributed by atoms with E-state index in [9.17, 15) is 4.39 Å². The van der Waals surface area contributed by atoms with E-state index >= 15 is 0 Å². The fraction of sp³-hybridized carbons (Fsp3) is 0.267. The molecule has 0 aliphatic carbocycles. The second-order valence-corrected chi connectivity index (χ2v) is 4.40. The van der Waals surface area contributed by atoms with Crippen LogP contribution in [0.2, 0.25) is 0 Å². The maximum absolute atomic E-state index is 14.3. The van der Waals surface area contributed by atoms with Gasteiger partial charge >= 0.3 is 0 Å². The summed E-state index contributed by atoms with van der Waals surface area (Å²) >= 11 is 0. The first-order chi connectivity index (χ1) is 9.17. The average molecular weight is 259 g/mol. The molecule has 0 fully saturated rings.